The maximum Gasteiger partial charge on any atom is 0.0689 e. The number of halogens is 1. The van der Waals surface area contributed by atoms with Gasteiger partial charge in [0.15, 0.2) is 0 Å². The molecule has 2 nitrogen and oxygen atoms in total. The third kappa shape index (κ3) is 2.77. The van der Waals surface area contributed by atoms with Crippen LogP contribution in [0.25, 0.3) is 0 Å². The molecule has 0 amide bonds. The second kappa shape index (κ2) is 4.85. The van der Waals surface area contributed by atoms with Gasteiger partial charge in [0.05, 0.1) is 12.7 Å². The highest BCUT2D eigenvalue weighted by atomic mass is 35.5. The summed E-state index contributed by atoms with van der Waals surface area (Å²) in [7, 11) is 0. The molecule has 1 aliphatic carbocycles. The molecule has 0 saturated heterocycles. The second-order valence-corrected chi connectivity index (χ2v) is 3.68. The first kappa shape index (κ1) is 10.0. The van der Waals surface area contributed by atoms with Crippen LogP contribution < -0.4 is 5.73 Å². The standard InChI is InChI=1S/C9H16ClNO/c1-7(4-10)6-12-9-2-8(3-9)5-11/h4,8-9H,2-3,5-6,11H2,1H3. The lowest BCUT2D eigenvalue weighted by Crippen LogP contribution is -2.36. The molecule has 1 aliphatic rings. The molecule has 0 aromatic rings. The van der Waals surface area contributed by atoms with Crippen LogP contribution in [0, 0.1) is 5.92 Å². The molecule has 0 unspecified atom stereocenters. The number of hydrogen-bond acceptors (Lipinski definition) is 2. The molecule has 0 aliphatic heterocycles. The zero-order chi connectivity index (χ0) is 8.97. The van der Waals surface area contributed by atoms with Gasteiger partial charge in [-0.25, -0.2) is 0 Å². The topological polar surface area (TPSA) is 35.2 Å². The first-order valence-electron chi connectivity index (χ1n) is 4.33. The fourth-order valence-electron chi connectivity index (χ4n) is 1.28. The lowest BCUT2D eigenvalue weighted by atomic mass is 9.82. The predicted octanol–water partition coefficient (Wildman–Crippen LogP) is 1.88. The van der Waals surface area contributed by atoms with Crippen molar-refractivity contribution < 1.29 is 4.74 Å². The quantitative estimate of drug-likeness (QED) is 0.733. The summed E-state index contributed by atoms with van der Waals surface area (Å²) in [6.07, 6.45) is 2.66. The van der Waals surface area contributed by atoms with E-state index in [2.05, 4.69) is 0 Å². The Bertz CT molecular complexity index is 164. The fourth-order valence-corrected chi connectivity index (χ4v) is 1.35. The highest BCUT2D eigenvalue weighted by Crippen LogP contribution is 2.29. The van der Waals surface area contributed by atoms with Gasteiger partial charge in [-0.05, 0) is 37.8 Å². The van der Waals surface area contributed by atoms with Gasteiger partial charge < -0.3 is 10.5 Å². The van der Waals surface area contributed by atoms with Crippen LogP contribution in [-0.4, -0.2) is 19.3 Å². The molecule has 1 fully saturated rings. The summed E-state index contributed by atoms with van der Waals surface area (Å²) in [5, 5.41) is 0. The monoisotopic (exact) mass is 189 g/mol. The van der Waals surface area contributed by atoms with Crippen LogP contribution in [0.5, 0.6) is 0 Å². The van der Waals surface area contributed by atoms with Gasteiger partial charge in [0, 0.05) is 5.54 Å². The normalized spacial score (nSPS) is 30.1. The molecule has 1 saturated carbocycles. The fraction of sp³-hybridized carbons (Fsp3) is 0.778. The molecule has 70 valence electrons. The SMILES string of the molecule is CC(=CCl)COC1CC(CN)C1. The molecule has 0 spiro atoms. The van der Waals surface area contributed by atoms with Crippen molar-refractivity contribution in [2.24, 2.45) is 11.7 Å². The average molecular weight is 190 g/mol. The number of ether oxygens (including phenoxy) is 1. The van der Waals surface area contributed by atoms with Crippen molar-refractivity contribution in [3.63, 3.8) is 0 Å². The van der Waals surface area contributed by atoms with Crippen LogP contribution in [0.1, 0.15) is 19.8 Å². The third-order valence-corrected chi connectivity index (χ3v) is 2.63. The van der Waals surface area contributed by atoms with E-state index in [1.54, 1.807) is 5.54 Å². The second-order valence-electron chi connectivity index (χ2n) is 3.46. The molecule has 1 rings (SSSR count). The Balaban J connectivity index is 2.04. The molecule has 0 atom stereocenters. The number of rotatable bonds is 4. The lowest BCUT2D eigenvalue weighted by molar-refractivity contribution is -0.0170. The van der Waals surface area contributed by atoms with Gasteiger partial charge in [-0.3, -0.25) is 0 Å². The summed E-state index contributed by atoms with van der Waals surface area (Å²) < 4.78 is 5.55. The lowest BCUT2D eigenvalue weighted by Gasteiger charge is -2.34. The van der Waals surface area contributed by atoms with E-state index in [1.807, 2.05) is 6.92 Å². The van der Waals surface area contributed by atoms with E-state index in [4.69, 9.17) is 22.1 Å². The minimum Gasteiger partial charge on any atom is -0.374 e. The van der Waals surface area contributed by atoms with Crippen molar-refractivity contribution in [3.05, 3.63) is 11.1 Å². The number of nitrogens with two attached hydrogens (primary N) is 1. The molecule has 3 heteroatoms. The van der Waals surface area contributed by atoms with Gasteiger partial charge in [-0.15, -0.1) is 0 Å². The molecular weight excluding hydrogens is 174 g/mol. The first-order chi connectivity index (χ1) is 5.76. The van der Waals surface area contributed by atoms with Gasteiger partial charge in [-0.1, -0.05) is 11.6 Å². The minimum atomic E-state index is 0.421. The maximum absolute atomic E-state index is 5.55. The highest BCUT2D eigenvalue weighted by molar-refractivity contribution is 6.25. The summed E-state index contributed by atoms with van der Waals surface area (Å²) in [6.45, 7) is 3.42. The number of hydrogen-bond donors (Lipinski definition) is 1. The maximum atomic E-state index is 5.55. The zero-order valence-electron chi connectivity index (χ0n) is 7.42. The molecule has 0 aromatic heterocycles. The Morgan fingerprint density at radius 1 is 1.67 bits per heavy atom. The summed E-state index contributed by atoms with van der Waals surface area (Å²) in [4.78, 5) is 0. The zero-order valence-corrected chi connectivity index (χ0v) is 8.18. The van der Waals surface area contributed by atoms with Crippen molar-refractivity contribution in [1.29, 1.82) is 0 Å². The average Bonchev–Trinajstić information content (AvgIpc) is 2.01. The van der Waals surface area contributed by atoms with Crippen LogP contribution in [-0.2, 0) is 4.74 Å². The first-order valence-corrected chi connectivity index (χ1v) is 4.77. The molecule has 12 heavy (non-hydrogen) atoms. The summed E-state index contributed by atoms with van der Waals surface area (Å²) in [6, 6.07) is 0. The largest absolute Gasteiger partial charge is 0.374 e. The highest BCUT2D eigenvalue weighted by Gasteiger charge is 2.28. The van der Waals surface area contributed by atoms with E-state index in [-0.39, 0.29) is 0 Å². The summed E-state index contributed by atoms with van der Waals surface area (Å²) >= 11 is 5.49. The van der Waals surface area contributed by atoms with Crippen LogP contribution in [0.2, 0.25) is 0 Å². The van der Waals surface area contributed by atoms with E-state index in [9.17, 15) is 0 Å². The summed E-state index contributed by atoms with van der Waals surface area (Å²) in [5.74, 6) is 0.690. The van der Waals surface area contributed by atoms with Crippen LogP contribution in [0.15, 0.2) is 11.1 Å². The van der Waals surface area contributed by atoms with Crippen molar-refractivity contribution >= 4 is 11.6 Å². The predicted molar refractivity (Wildman–Crippen MR) is 51.1 cm³/mol. The van der Waals surface area contributed by atoms with Gasteiger partial charge >= 0.3 is 0 Å². The van der Waals surface area contributed by atoms with E-state index >= 15 is 0 Å². The Labute approximate surface area is 78.7 Å². The van der Waals surface area contributed by atoms with Gasteiger partial charge in [0.1, 0.15) is 0 Å². The Hall–Kier alpha value is -0.0500. The molecule has 2 N–H and O–H groups in total. The van der Waals surface area contributed by atoms with Crippen LogP contribution >= 0.6 is 11.6 Å². The van der Waals surface area contributed by atoms with E-state index in [0.717, 1.165) is 25.0 Å². The Kier molecular flexibility index (Phi) is 4.06. The van der Waals surface area contributed by atoms with Crippen molar-refractivity contribution in [2.45, 2.75) is 25.9 Å². The van der Waals surface area contributed by atoms with Crippen LogP contribution in [0.4, 0.5) is 0 Å². The van der Waals surface area contributed by atoms with Gasteiger partial charge in [0.25, 0.3) is 0 Å². The smallest absolute Gasteiger partial charge is 0.0689 e. The molecule has 0 aromatic carbocycles. The Morgan fingerprint density at radius 3 is 2.83 bits per heavy atom. The summed E-state index contributed by atoms with van der Waals surface area (Å²) in [5.41, 5.74) is 8.14. The molecule has 0 bridgehead atoms. The minimum absolute atomic E-state index is 0.421. The van der Waals surface area contributed by atoms with E-state index < -0.39 is 0 Å². The van der Waals surface area contributed by atoms with Gasteiger partial charge in [-0.2, -0.15) is 0 Å². The van der Waals surface area contributed by atoms with Crippen molar-refractivity contribution in [3.8, 4) is 0 Å². The van der Waals surface area contributed by atoms with Gasteiger partial charge in [0.2, 0.25) is 0 Å². The molecule has 0 radical (unpaired) electrons. The van der Waals surface area contributed by atoms with E-state index in [1.165, 1.54) is 0 Å². The third-order valence-electron chi connectivity index (χ3n) is 2.26. The van der Waals surface area contributed by atoms with E-state index in [0.29, 0.717) is 18.6 Å². The Morgan fingerprint density at radius 2 is 2.33 bits per heavy atom. The van der Waals surface area contributed by atoms with Crippen molar-refractivity contribution in [2.75, 3.05) is 13.2 Å². The van der Waals surface area contributed by atoms with Crippen LogP contribution in [0.3, 0.4) is 0 Å². The molecule has 0 heterocycles. The van der Waals surface area contributed by atoms with Crippen molar-refractivity contribution in [1.82, 2.24) is 0 Å². The molecular formula is C9H16ClNO.